The highest BCUT2D eigenvalue weighted by molar-refractivity contribution is 7.12. The highest BCUT2D eigenvalue weighted by Gasteiger charge is 2.44. The number of hydrogen-bond donors (Lipinski definition) is 2. The number of halogens is 4. The predicted octanol–water partition coefficient (Wildman–Crippen LogP) is 4.10. The normalized spacial score (nSPS) is 21.8. The number of nitrogens with zero attached hydrogens (tertiary/aromatic N) is 5. The molecule has 41 heavy (non-hydrogen) atoms. The maximum Gasteiger partial charge on any atom is 0.422 e. The van der Waals surface area contributed by atoms with Gasteiger partial charge < -0.3 is 15.4 Å². The Morgan fingerprint density at radius 2 is 2.02 bits per heavy atom. The minimum atomic E-state index is -4.48. The van der Waals surface area contributed by atoms with Crippen LogP contribution in [0.1, 0.15) is 57.4 Å². The summed E-state index contributed by atoms with van der Waals surface area (Å²) in [6, 6.07) is 1.22. The smallest absolute Gasteiger partial charge is 0.422 e. The fourth-order valence-electron chi connectivity index (χ4n) is 5.18. The van der Waals surface area contributed by atoms with E-state index >= 15 is 0 Å². The molecule has 2 N–H and O–H groups in total. The molecule has 3 aliphatic carbocycles. The van der Waals surface area contributed by atoms with Crippen molar-refractivity contribution in [2.75, 3.05) is 18.5 Å². The summed E-state index contributed by atoms with van der Waals surface area (Å²) in [5.41, 5.74) is 1.42. The minimum absolute atomic E-state index is 0.0538. The first-order valence-electron chi connectivity index (χ1n) is 13.5. The van der Waals surface area contributed by atoms with Crippen LogP contribution in [0, 0.1) is 11.8 Å². The Morgan fingerprint density at radius 3 is 2.73 bits per heavy atom. The maximum atomic E-state index is 13.6. The van der Waals surface area contributed by atoms with E-state index in [4.69, 9.17) is 4.74 Å². The summed E-state index contributed by atoms with van der Waals surface area (Å²) in [6.45, 7) is -0.863. The van der Waals surface area contributed by atoms with Crippen molar-refractivity contribution in [1.29, 1.82) is 0 Å². The molecule has 3 aromatic rings. The fourth-order valence-corrected chi connectivity index (χ4v) is 6.54. The molecule has 1 amide bonds. The number of carbonyl (C=O) groups is 2. The number of fused-ring (bicyclic) bond motifs is 1. The molecule has 0 unspecified atom stereocenters. The monoisotopic (exact) mass is 595 g/mol. The van der Waals surface area contributed by atoms with Gasteiger partial charge in [0.25, 0.3) is 5.91 Å². The van der Waals surface area contributed by atoms with Crippen LogP contribution in [0.3, 0.4) is 0 Å². The second-order valence-corrected chi connectivity index (χ2v) is 12.1. The van der Waals surface area contributed by atoms with Crippen molar-refractivity contribution in [2.45, 2.75) is 63.3 Å². The van der Waals surface area contributed by atoms with E-state index in [9.17, 15) is 27.2 Å². The quantitative estimate of drug-likeness (QED) is 0.321. The van der Waals surface area contributed by atoms with Crippen LogP contribution in [0.15, 0.2) is 12.4 Å². The first kappa shape index (κ1) is 27.7. The molecule has 0 spiro atoms. The van der Waals surface area contributed by atoms with Crippen LogP contribution in [-0.2, 0) is 31.1 Å². The van der Waals surface area contributed by atoms with Crippen LogP contribution in [0.5, 0.6) is 5.88 Å². The number of carbonyl (C=O) groups excluding carboxylic acids is 2. The molecular formula is C26H29F4N7O3S. The number of anilines is 2. The van der Waals surface area contributed by atoms with Crippen molar-refractivity contribution in [3.05, 3.63) is 33.3 Å². The van der Waals surface area contributed by atoms with Gasteiger partial charge in [0.05, 0.1) is 11.5 Å². The Bertz CT molecular complexity index is 1460. The molecule has 3 heterocycles. The number of amides is 1. The third-order valence-corrected chi connectivity index (χ3v) is 8.98. The molecular weight excluding hydrogens is 566 g/mol. The number of aromatic nitrogens is 5. The standard InChI is InChI=1S/C26H29F4N7O3S/c1-36-21(9-22(35-36)40-11-26(28,29)30)33-25-34-32-12-37(25)14-4-5-19-16(6-14)23(24(39)31-10-13-2-3-13)20(41-19)8-18(38)15-7-17(15)27/h9,12-15,17H,2-8,10-11H2,1H3,(H,31,39)(H,33,34)/t14-,15-,17-/m0/s1. The fraction of sp³-hybridized carbons (Fsp3) is 0.577. The zero-order chi connectivity index (χ0) is 28.9. The molecule has 0 aromatic carbocycles. The Morgan fingerprint density at radius 1 is 1.24 bits per heavy atom. The molecule has 0 saturated heterocycles. The van der Waals surface area contributed by atoms with Gasteiger partial charge >= 0.3 is 6.18 Å². The summed E-state index contributed by atoms with van der Waals surface area (Å²) in [4.78, 5) is 27.8. The highest BCUT2D eigenvalue weighted by Crippen LogP contribution is 2.42. The first-order valence-corrected chi connectivity index (χ1v) is 14.4. The number of nitrogens with one attached hydrogen (secondary N) is 2. The van der Waals surface area contributed by atoms with Gasteiger partial charge in [-0.25, -0.2) is 9.07 Å². The van der Waals surface area contributed by atoms with Gasteiger partial charge in [-0.15, -0.1) is 26.6 Å². The van der Waals surface area contributed by atoms with Gasteiger partial charge in [0.2, 0.25) is 11.8 Å². The van der Waals surface area contributed by atoms with E-state index in [-0.39, 0.29) is 36.5 Å². The maximum absolute atomic E-state index is 13.6. The predicted molar refractivity (Wildman–Crippen MR) is 140 cm³/mol. The molecule has 2 saturated carbocycles. The number of aryl methyl sites for hydroxylation is 2. The molecule has 10 nitrogen and oxygen atoms in total. The van der Waals surface area contributed by atoms with Gasteiger partial charge in [0, 0.05) is 41.9 Å². The summed E-state index contributed by atoms with van der Waals surface area (Å²) >= 11 is 1.47. The van der Waals surface area contributed by atoms with Crippen LogP contribution in [-0.4, -0.2) is 61.7 Å². The van der Waals surface area contributed by atoms with E-state index < -0.39 is 24.9 Å². The van der Waals surface area contributed by atoms with Gasteiger partial charge in [-0.05, 0) is 50.0 Å². The second-order valence-electron chi connectivity index (χ2n) is 10.9. The second kappa shape index (κ2) is 10.7. The number of rotatable bonds is 11. The van der Waals surface area contributed by atoms with E-state index in [0.717, 1.165) is 29.7 Å². The van der Waals surface area contributed by atoms with Gasteiger partial charge in [0.15, 0.2) is 6.61 Å². The Hall–Kier alpha value is -3.49. The number of thiophene rings is 1. The van der Waals surface area contributed by atoms with Crippen molar-refractivity contribution >= 4 is 34.8 Å². The Labute approximate surface area is 236 Å². The summed E-state index contributed by atoms with van der Waals surface area (Å²) in [5, 5.41) is 18.2. The number of Topliss-reactive ketones (excluding diaryl/α,β-unsaturated/α-hetero) is 1. The van der Waals surface area contributed by atoms with E-state index in [2.05, 4.69) is 25.9 Å². The molecule has 220 valence electrons. The van der Waals surface area contributed by atoms with E-state index in [1.54, 1.807) is 13.4 Å². The van der Waals surface area contributed by atoms with Crippen LogP contribution in [0.4, 0.5) is 29.3 Å². The third-order valence-electron chi connectivity index (χ3n) is 7.69. The molecule has 0 bridgehead atoms. The van der Waals surface area contributed by atoms with Crippen molar-refractivity contribution in [1.82, 2.24) is 29.9 Å². The average Bonchev–Trinajstić information content (AvgIpc) is 3.76. The summed E-state index contributed by atoms with van der Waals surface area (Å²) in [5.74, 6) is 0.0850. The Balaban J connectivity index is 1.21. The van der Waals surface area contributed by atoms with Gasteiger partial charge in [-0.1, -0.05) is 0 Å². The molecule has 3 aliphatic rings. The van der Waals surface area contributed by atoms with Crippen molar-refractivity contribution in [2.24, 2.45) is 18.9 Å². The van der Waals surface area contributed by atoms with Gasteiger partial charge in [0.1, 0.15) is 24.1 Å². The number of alkyl halides is 4. The SMILES string of the molecule is Cn1nc(OCC(F)(F)F)cc1Nc1nncn1[C@H]1CCc2sc(CC(=O)[C@H]3C[C@@H]3F)c(C(=O)NCC3CC3)c2C1. The van der Waals surface area contributed by atoms with E-state index in [0.29, 0.717) is 47.5 Å². The lowest BCUT2D eigenvalue weighted by molar-refractivity contribution is -0.154. The van der Waals surface area contributed by atoms with Crippen molar-refractivity contribution in [3.63, 3.8) is 0 Å². The number of ketones is 1. The zero-order valence-electron chi connectivity index (χ0n) is 22.2. The van der Waals surface area contributed by atoms with Crippen LogP contribution in [0.2, 0.25) is 0 Å². The molecule has 3 aromatic heterocycles. The van der Waals surface area contributed by atoms with Crippen molar-refractivity contribution < 1.29 is 31.9 Å². The highest BCUT2D eigenvalue weighted by atomic mass is 32.1. The topological polar surface area (TPSA) is 116 Å². The summed E-state index contributed by atoms with van der Waals surface area (Å²) in [6.07, 6.45) is 0.376. The molecule has 15 heteroatoms. The lowest BCUT2D eigenvalue weighted by atomic mass is 9.90. The van der Waals surface area contributed by atoms with Crippen molar-refractivity contribution in [3.8, 4) is 5.88 Å². The molecule has 3 atom stereocenters. The first-order chi connectivity index (χ1) is 19.6. The third kappa shape index (κ3) is 6.23. The molecule has 2 fully saturated rings. The largest absolute Gasteiger partial charge is 0.467 e. The minimum Gasteiger partial charge on any atom is -0.467 e. The molecule has 0 aliphatic heterocycles. The molecule has 6 rings (SSSR count). The van der Waals surface area contributed by atoms with E-state index in [1.165, 1.54) is 22.1 Å². The van der Waals surface area contributed by atoms with Crippen LogP contribution < -0.4 is 15.4 Å². The summed E-state index contributed by atoms with van der Waals surface area (Å²) in [7, 11) is 1.56. The van der Waals surface area contributed by atoms with Crippen LogP contribution in [0.25, 0.3) is 0 Å². The van der Waals surface area contributed by atoms with Crippen LogP contribution >= 0.6 is 11.3 Å². The van der Waals surface area contributed by atoms with Gasteiger partial charge in [-0.3, -0.25) is 14.2 Å². The number of ether oxygens (including phenoxy) is 1. The van der Waals surface area contributed by atoms with E-state index in [1.807, 2.05) is 4.57 Å². The lowest BCUT2D eigenvalue weighted by Gasteiger charge is -2.25. The summed E-state index contributed by atoms with van der Waals surface area (Å²) < 4.78 is 59.1. The number of hydrogen-bond acceptors (Lipinski definition) is 8. The molecule has 0 radical (unpaired) electrons. The zero-order valence-corrected chi connectivity index (χ0v) is 23.0. The van der Waals surface area contributed by atoms with Gasteiger partial charge in [-0.2, -0.15) is 13.2 Å². The lowest BCUT2D eigenvalue weighted by Crippen LogP contribution is -2.28. The Kier molecular flexibility index (Phi) is 7.24. The average molecular weight is 596 g/mol.